The van der Waals surface area contributed by atoms with Crippen LogP contribution in [0.1, 0.15) is 12.0 Å². The van der Waals surface area contributed by atoms with Gasteiger partial charge in [0.15, 0.2) is 0 Å². The van der Waals surface area contributed by atoms with Crippen molar-refractivity contribution in [2.45, 2.75) is 11.8 Å². The Bertz CT molecular complexity index is 421. The number of rotatable bonds is 2. The Labute approximate surface area is 86.1 Å². The van der Waals surface area contributed by atoms with E-state index in [-0.39, 0.29) is 6.42 Å². The highest BCUT2D eigenvalue weighted by atomic mass is 19.1. The molecule has 0 aromatic heterocycles. The molecule has 0 bridgehead atoms. The standard InChI is InChI=1S/C11H9F2NO/c12-8-1-2-9(10(13)5-8)11(3-4-14)6-15-7-11/h1-2,5H,3,6-7H2. The molecule has 1 heterocycles. The number of hydrogen-bond acceptors (Lipinski definition) is 2. The Morgan fingerprint density at radius 1 is 1.40 bits per heavy atom. The minimum Gasteiger partial charge on any atom is -0.379 e. The molecule has 0 spiro atoms. The van der Waals surface area contributed by atoms with E-state index in [0.717, 1.165) is 6.07 Å². The van der Waals surface area contributed by atoms with Crippen LogP contribution in [0.4, 0.5) is 8.78 Å². The van der Waals surface area contributed by atoms with Crippen molar-refractivity contribution >= 4 is 0 Å². The number of halogens is 2. The van der Waals surface area contributed by atoms with E-state index < -0.39 is 17.0 Å². The van der Waals surface area contributed by atoms with Crippen LogP contribution in [-0.4, -0.2) is 13.2 Å². The van der Waals surface area contributed by atoms with Crippen molar-refractivity contribution in [1.82, 2.24) is 0 Å². The molecule has 1 fully saturated rings. The highest BCUT2D eigenvalue weighted by molar-refractivity contribution is 5.31. The minimum atomic E-state index is -0.608. The topological polar surface area (TPSA) is 33.0 Å². The second kappa shape index (κ2) is 3.59. The van der Waals surface area contributed by atoms with Gasteiger partial charge in [0.05, 0.1) is 24.7 Å². The van der Waals surface area contributed by atoms with E-state index in [2.05, 4.69) is 0 Å². The molecule has 1 saturated heterocycles. The maximum absolute atomic E-state index is 13.5. The van der Waals surface area contributed by atoms with E-state index in [4.69, 9.17) is 10.00 Å². The summed E-state index contributed by atoms with van der Waals surface area (Å²) in [6.45, 7) is 0.645. The second-order valence-electron chi connectivity index (χ2n) is 3.73. The SMILES string of the molecule is N#CCC1(c2ccc(F)cc2F)COC1. The van der Waals surface area contributed by atoms with E-state index in [9.17, 15) is 8.78 Å². The molecule has 78 valence electrons. The molecular weight excluding hydrogens is 200 g/mol. The summed E-state index contributed by atoms with van der Waals surface area (Å²) in [5.41, 5.74) is -0.205. The normalized spacial score (nSPS) is 17.9. The molecular formula is C11H9F2NO. The number of hydrogen-bond donors (Lipinski definition) is 0. The van der Waals surface area contributed by atoms with Gasteiger partial charge in [-0.05, 0) is 11.6 Å². The lowest BCUT2D eigenvalue weighted by atomic mass is 9.76. The van der Waals surface area contributed by atoms with Crippen LogP contribution < -0.4 is 0 Å². The largest absolute Gasteiger partial charge is 0.379 e. The molecule has 0 aliphatic carbocycles. The molecule has 2 nitrogen and oxygen atoms in total. The molecule has 0 saturated carbocycles. The quantitative estimate of drug-likeness (QED) is 0.747. The predicted molar refractivity (Wildman–Crippen MR) is 49.1 cm³/mol. The number of nitriles is 1. The first-order valence-electron chi connectivity index (χ1n) is 4.58. The van der Waals surface area contributed by atoms with E-state index in [1.165, 1.54) is 12.1 Å². The third kappa shape index (κ3) is 1.59. The lowest BCUT2D eigenvalue weighted by molar-refractivity contribution is -0.0593. The van der Waals surface area contributed by atoms with Crippen LogP contribution in [0.15, 0.2) is 18.2 Å². The van der Waals surface area contributed by atoms with Crippen molar-refractivity contribution in [3.05, 3.63) is 35.4 Å². The lowest BCUT2D eigenvalue weighted by Crippen LogP contribution is -2.47. The van der Waals surface area contributed by atoms with Crippen molar-refractivity contribution in [3.8, 4) is 6.07 Å². The molecule has 15 heavy (non-hydrogen) atoms. The van der Waals surface area contributed by atoms with Gasteiger partial charge in [-0.25, -0.2) is 8.78 Å². The summed E-state index contributed by atoms with van der Waals surface area (Å²) in [6, 6.07) is 5.45. The summed E-state index contributed by atoms with van der Waals surface area (Å²) in [6.07, 6.45) is 0.190. The molecule has 0 N–H and O–H groups in total. The van der Waals surface area contributed by atoms with Gasteiger partial charge in [-0.15, -0.1) is 0 Å². The van der Waals surface area contributed by atoms with Crippen LogP contribution in [0.5, 0.6) is 0 Å². The fourth-order valence-corrected chi connectivity index (χ4v) is 1.77. The molecule has 1 aromatic carbocycles. The molecule has 2 rings (SSSR count). The zero-order valence-corrected chi connectivity index (χ0v) is 7.96. The van der Waals surface area contributed by atoms with Gasteiger partial charge in [0.25, 0.3) is 0 Å². The molecule has 0 atom stereocenters. The van der Waals surface area contributed by atoms with Crippen molar-refractivity contribution in [2.24, 2.45) is 0 Å². The van der Waals surface area contributed by atoms with Crippen molar-refractivity contribution < 1.29 is 13.5 Å². The molecule has 0 radical (unpaired) electrons. The van der Waals surface area contributed by atoms with Crippen LogP contribution in [0.25, 0.3) is 0 Å². The predicted octanol–water partition coefficient (Wildman–Crippen LogP) is 2.15. The summed E-state index contributed by atoms with van der Waals surface area (Å²) >= 11 is 0. The summed E-state index contributed by atoms with van der Waals surface area (Å²) in [7, 11) is 0. The Hall–Kier alpha value is -1.47. The van der Waals surface area contributed by atoms with Crippen molar-refractivity contribution in [2.75, 3.05) is 13.2 Å². The fourth-order valence-electron chi connectivity index (χ4n) is 1.77. The van der Waals surface area contributed by atoms with E-state index in [0.29, 0.717) is 18.8 Å². The molecule has 0 amide bonds. The monoisotopic (exact) mass is 209 g/mol. The first kappa shape index (κ1) is 10.1. The lowest BCUT2D eigenvalue weighted by Gasteiger charge is -2.40. The van der Waals surface area contributed by atoms with Crippen molar-refractivity contribution in [1.29, 1.82) is 5.26 Å². The van der Waals surface area contributed by atoms with Gasteiger partial charge >= 0.3 is 0 Å². The first-order chi connectivity index (χ1) is 7.18. The highest BCUT2D eigenvalue weighted by Crippen LogP contribution is 2.36. The molecule has 4 heteroatoms. The Balaban J connectivity index is 2.39. The maximum Gasteiger partial charge on any atom is 0.130 e. The van der Waals surface area contributed by atoms with Crippen LogP contribution in [0, 0.1) is 23.0 Å². The average molecular weight is 209 g/mol. The van der Waals surface area contributed by atoms with Crippen LogP contribution in [0.3, 0.4) is 0 Å². The summed E-state index contributed by atoms with van der Waals surface area (Å²) in [5.74, 6) is -1.21. The molecule has 1 aliphatic rings. The highest BCUT2D eigenvalue weighted by Gasteiger charge is 2.42. The molecule has 1 aliphatic heterocycles. The van der Waals surface area contributed by atoms with Crippen molar-refractivity contribution in [3.63, 3.8) is 0 Å². The summed E-state index contributed by atoms with van der Waals surface area (Å²) < 4.78 is 31.2. The second-order valence-corrected chi connectivity index (χ2v) is 3.73. The Morgan fingerprint density at radius 2 is 2.13 bits per heavy atom. The third-order valence-corrected chi connectivity index (χ3v) is 2.68. The number of ether oxygens (including phenoxy) is 1. The number of benzene rings is 1. The minimum absolute atomic E-state index is 0.190. The van der Waals surface area contributed by atoms with Crippen LogP contribution in [-0.2, 0) is 10.2 Å². The van der Waals surface area contributed by atoms with Crippen LogP contribution >= 0.6 is 0 Å². The third-order valence-electron chi connectivity index (χ3n) is 2.68. The maximum atomic E-state index is 13.5. The fraction of sp³-hybridized carbons (Fsp3) is 0.364. The summed E-state index contributed by atoms with van der Waals surface area (Å²) in [5, 5.41) is 8.67. The zero-order valence-electron chi connectivity index (χ0n) is 7.96. The average Bonchev–Trinajstić information content (AvgIpc) is 2.12. The van der Waals surface area contributed by atoms with E-state index >= 15 is 0 Å². The molecule has 0 unspecified atom stereocenters. The Morgan fingerprint density at radius 3 is 2.60 bits per heavy atom. The zero-order chi connectivity index (χ0) is 10.9. The Kier molecular flexibility index (Phi) is 2.41. The van der Waals surface area contributed by atoms with Gasteiger partial charge in [-0.3, -0.25) is 0 Å². The first-order valence-corrected chi connectivity index (χ1v) is 4.58. The van der Waals surface area contributed by atoms with Gasteiger partial charge < -0.3 is 4.74 Å². The van der Waals surface area contributed by atoms with Gasteiger partial charge in [-0.2, -0.15) is 5.26 Å². The van der Waals surface area contributed by atoms with E-state index in [1.54, 1.807) is 0 Å². The van der Waals surface area contributed by atoms with Gasteiger partial charge in [0, 0.05) is 12.5 Å². The number of nitrogens with zero attached hydrogens (tertiary/aromatic N) is 1. The van der Waals surface area contributed by atoms with E-state index in [1.807, 2.05) is 6.07 Å². The smallest absolute Gasteiger partial charge is 0.130 e. The van der Waals surface area contributed by atoms with Gasteiger partial charge in [0.1, 0.15) is 11.6 Å². The van der Waals surface area contributed by atoms with Crippen LogP contribution in [0.2, 0.25) is 0 Å². The summed E-state index contributed by atoms with van der Waals surface area (Å²) in [4.78, 5) is 0. The molecule has 1 aromatic rings. The van der Waals surface area contributed by atoms with Gasteiger partial charge in [0.2, 0.25) is 0 Å². The van der Waals surface area contributed by atoms with Gasteiger partial charge in [-0.1, -0.05) is 6.07 Å².